The SMILES string of the molecule is C=CCc1cc2c(c(CC=C)c1OC(=O)CCC(=O)O)CCC(=O)N2CC=C(C)C. The minimum atomic E-state index is -1.05. The standard InChI is InChI=1S/C24H29NO5/c1-5-7-17-15-20-18(9-10-21(26)25(20)14-13-16(3)4)19(8-6-2)24(17)30-23(29)12-11-22(27)28/h5-6,13,15H,1-2,7-12,14H2,3-4H3,(H,27,28). The number of carboxylic acids is 1. The molecule has 0 fully saturated rings. The van der Waals surface area contributed by atoms with Gasteiger partial charge in [0, 0.05) is 29.8 Å². The molecule has 30 heavy (non-hydrogen) atoms. The number of rotatable bonds is 10. The van der Waals surface area contributed by atoms with Gasteiger partial charge in [-0.3, -0.25) is 14.4 Å². The molecule has 1 aliphatic rings. The molecule has 0 aromatic heterocycles. The van der Waals surface area contributed by atoms with Crippen LogP contribution in [0.4, 0.5) is 5.69 Å². The summed E-state index contributed by atoms with van der Waals surface area (Å²) in [5.41, 5.74) is 4.46. The van der Waals surface area contributed by atoms with Crippen LogP contribution in [-0.4, -0.2) is 29.5 Å². The number of esters is 1. The highest BCUT2D eigenvalue weighted by molar-refractivity contribution is 5.97. The lowest BCUT2D eigenvalue weighted by molar-refractivity contribution is -0.142. The first-order chi connectivity index (χ1) is 14.3. The van der Waals surface area contributed by atoms with Gasteiger partial charge in [0.1, 0.15) is 5.75 Å². The average molecular weight is 411 g/mol. The van der Waals surface area contributed by atoms with Crippen molar-refractivity contribution in [1.82, 2.24) is 0 Å². The Bertz CT molecular complexity index is 893. The smallest absolute Gasteiger partial charge is 0.311 e. The number of amides is 1. The van der Waals surface area contributed by atoms with Crippen molar-refractivity contribution in [2.45, 2.75) is 52.4 Å². The van der Waals surface area contributed by atoms with Crippen molar-refractivity contribution in [2.75, 3.05) is 11.4 Å². The molecule has 1 aliphatic heterocycles. The zero-order valence-corrected chi connectivity index (χ0v) is 17.7. The highest BCUT2D eigenvalue weighted by atomic mass is 16.5. The zero-order chi connectivity index (χ0) is 22.3. The second-order valence-electron chi connectivity index (χ2n) is 7.48. The molecule has 1 heterocycles. The molecule has 1 aromatic rings. The van der Waals surface area contributed by atoms with Crippen LogP contribution in [0.25, 0.3) is 0 Å². The normalized spacial score (nSPS) is 12.7. The van der Waals surface area contributed by atoms with E-state index >= 15 is 0 Å². The molecule has 1 N–H and O–H groups in total. The van der Waals surface area contributed by atoms with E-state index in [0.717, 1.165) is 28.0 Å². The maximum Gasteiger partial charge on any atom is 0.311 e. The summed E-state index contributed by atoms with van der Waals surface area (Å²) < 4.78 is 5.65. The van der Waals surface area contributed by atoms with E-state index in [9.17, 15) is 14.4 Å². The summed E-state index contributed by atoms with van der Waals surface area (Å²) in [7, 11) is 0. The lowest BCUT2D eigenvalue weighted by Crippen LogP contribution is -2.36. The summed E-state index contributed by atoms with van der Waals surface area (Å²) in [6, 6.07) is 1.89. The number of hydrogen-bond acceptors (Lipinski definition) is 4. The third kappa shape index (κ3) is 5.69. The monoisotopic (exact) mass is 411 g/mol. The third-order valence-corrected chi connectivity index (χ3v) is 4.88. The van der Waals surface area contributed by atoms with Crippen molar-refractivity contribution in [2.24, 2.45) is 0 Å². The molecule has 6 heteroatoms. The number of hydrogen-bond donors (Lipinski definition) is 1. The van der Waals surface area contributed by atoms with E-state index in [1.807, 2.05) is 26.0 Å². The van der Waals surface area contributed by atoms with Crippen LogP contribution in [-0.2, 0) is 33.6 Å². The van der Waals surface area contributed by atoms with E-state index in [2.05, 4.69) is 13.2 Å². The highest BCUT2D eigenvalue weighted by Crippen LogP contribution is 2.40. The number of anilines is 1. The molecule has 6 nitrogen and oxygen atoms in total. The maximum atomic E-state index is 12.6. The predicted molar refractivity (Wildman–Crippen MR) is 117 cm³/mol. The van der Waals surface area contributed by atoms with Gasteiger partial charge in [-0.1, -0.05) is 23.8 Å². The van der Waals surface area contributed by atoms with Crippen LogP contribution in [0.15, 0.2) is 43.0 Å². The van der Waals surface area contributed by atoms with E-state index in [-0.39, 0.29) is 18.7 Å². The Labute approximate surface area is 177 Å². The fourth-order valence-electron chi connectivity index (χ4n) is 3.47. The Morgan fingerprint density at radius 3 is 2.47 bits per heavy atom. The van der Waals surface area contributed by atoms with Gasteiger partial charge in [0.2, 0.25) is 5.91 Å². The van der Waals surface area contributed by atoms with Crippen LogP contribution >= 0.6 is 0 Å². The number of carbonyl (C=O) groups excluding carboxylic acids is 2. The third-order valence-electron chi connectivity index (χ3n) is 4.88. The number of allylic oxidation sites excluding steroid dienone is 3. The maximum absolute atomic E-state index is 12.6. The summed E-state index contributed by atoms with van der Waals surface area (Å²) in [6.45, 7) is 12.1. The quantitative estimate of drug-likeness (QED) is 0.355. The molecule has 0 atom stereocenters. The number of aliphatic carboxylic acids is 1. The average Bonchev–Trinajstić information content (AvgIpc) is 2.68. The van der Waals surface area contributed by atoms with Gasteiger partial charge >= 0.3 is 11.9 Å². The summed E-state index contributed by atoms with van der Waals surface area (Å²) >= 11 is 0. The molecule has 1 aromatic carbocycles. The highest BCUT2D eigenvalue weighted by Gasteiger charge is 2.29. The fraction of sp³-hybridized carbons (Fsp3) is 0.375. The van der Waals surface area contributed by atoms with Gasteiger partial charge in [-0.2, -0.15) is 0 Å². The van der Waals surface area contributed by atoms with Gasteiger partial charge in [0.15, 0.2) is 0 Å². The van der Waals surface area contributed by atoms with Crippen LogP contribution in [0.2, 0.25) is 0 Å². The Morgan fingerprint density at radius 1 is 1.17 bits per heavy atom. The Hall–Kier alpha value is -3.15. The number of nitrogens with zero attached hydrogens (tertiary/aromatic N) is 1. The molecular weight excluding hydrogens is 382 g/mol. The van der Waals surface area contributed by atoms with Gasteiger partial charge < -0.3 is 14.7 Å². The van der Waals surface area contributed by atoms with Gasteiger partial charge in [-0.05, 0) is 44.7 Å². The first kappa shape index (κ1) is 23.1. The number of benzene rings is 1. The molecule has 0 saturated heterocycles. The van der Waals surface area contributed by atoms with Crippen molar-refractivity contribution in [3.05, 3.63) is 59.7 Å². The lowest BCUT2D eigenvalue weighted by Gasteiger charge is -2.32. The number of carbonyl (C=O) groups is 3. The van der Waals surface area contributed by atoms with Crippen LogP contribution in [0.1, 0.15) is 49.8 Å². The van der Waals surface area contributed by atoms with Crippen LogP contribution in [0.3, 0.4) is 0 Å². The van der Waals surface area contributed by atoms with E-state index in [0.29, 0.717) is 38.0 Å². The molecule has 1 amide bonds. The summed E-state index contributed by atoms with van der Waals surface area (Å²) in [5, 5.41) is 8.83. The molecule has 0 aliphatic carbocycles. The van der Waals surface area contributed by atoms with Gasteiger partial charge in [-0.25, -0.2) is 0 Å². The number of carboxylic acid groups (broad SMARTS) is 1. The number of fused-ring (bicyclic) bond motifs is 1. The second-order valence-corrected chi connectivity index (χ2v) is 7.48. The zero-order valence-electron chi connectivity index (χ0n) is 17.7. The molecule has 0 radical (unpaired) electrons. The molecule has 0 spiro atoms. The lowest BCUT2D eigenvalue weighted by atomic mass is 9.90. The molecular formula is C24H29NO5. The number of ether oxygens (including phenoxy) is 1. The van der Waals surface area contributed by atoms with Gasteiger partial charge in [0.25, 0.3) is 0 Å². The topological polar surface area (TPSA) is 83.9 Å². The molecule has 160 valence electrons. The Kier molecular flexibility index (Phi) is 8.16. The van der Waals surface area contributed by atoms with Crippen LogP contribution < -0.4 is 9.64 Å². The minimum Gasteiger partial charge on any atom is -0.481 e. The van der Waals surface area contributed by atoms with Crippen molar-refractivity contribution >= 4 is 23.5 Å². The van der Waals surface area contributed by atoms with Crippen molar-refractivity contribution < 1.29 is 24.2 Å². The van der Waals surface area contributed by atoms with Crippen molar-refractivity contribution in [1.29, 1.82) is 0 Å². The minimum absolute atomic E-state index is 0.0558. The second kappa shape index (κ2) is 10.6. The van der Waals surface area contributed by atoms with Crippen LogP contribution in [0.5, 0.6) is 5.75 Å². The predicted octanol–water partition coefficient (Wildman–Crippen LogP) is 4.16. The van der Waals surface area contributed by atoms with Gasteiger partial charge in [0.05, 0.1) is 12.8 Å². The van der Waals surface area contributed by atoms with Gasteiger partial charge in [-0.15, -0.1) is 13.2 Å². The summed E-state index contributed by atoms with van der Waals surface area (Å²) in [5.74, 6) is -1.16. The molecule has 0 bridgehead atoms. The fourth-order valence-corrected chi connectivity index (χ4v) is 3.47. The summed E-state index contributed by atoms with van der Waals surface area (Å²) in [4.78, 5) is 37.5. The Balaban J connectivity index is 2.57. The molecule has 2 rings (SSSR count). The van der Waals surface area contributed by atoms with E-state index < -0.39 is 11.9 Å². The van der Waals surface area contributed by atoms with Crippen LogP contribution in [0, 0.1) is 0 Å². The first-order valence-corrected chi connectivity index (χ1v) is 10.0. The van der Waals surface area contributed by atoms with Crippen molar-refractivity contribution in [3.8, 4) is 5.75 Å². The van der Waals surface area contributed by atoms with E-state index in [4.69, 9.17) is 9.84 Å². The Morgan fingerprint density at radius 2 is 1.87 bits per heavy atom. The largest absolute Gasteiger partial charge is 0.481 e. The van der Waals surface area contributed by atoms with E-state index in [1.165, 1.54) is 0 Å². The summed E-state index contributed by atoms with van der Waals surface area (Å²) in [6.07, 6.45) is 6.80. The molecule has 0 saturated carbocycles. The molecule has 0 unspecified atom stereocenters. The van der Waals surface area contributed by atoms with Crippen molar-refractivity contribution in [3.63, 3.8) is 0 Å². The first-order valence-electron chi connectivity index (χ1n) is 10.0. The van der Waals surface area contributed by atoms with E-state index in [1.54, 1.807) is 17.1 Å².